The number of esters is 1. The molecule has 1 aromatic heterocycles. The number of hydrogen-bond donors (Lipinski definition) is 2. The van der Waals surface area contributed by atoms with Gasteiger partial charge in [-0.1, -0.05) is 30.0 Å². The number of non-ortho nitro benzene ring substituents is 1. The number of nitrogens with one attached hydrogen (secondary N) is 2. The van der Waals surface area contributed by atoms with Gasteiger partial charge in [0, 0.05) is 23.6 Å². The molecule has 0 saturated carbocycles. The molecular weight excluding hydrogens is 500 g/mol. The van der Waals surface area contributed by atoms with Crippen LogP contribution in [-0.4, -0.2) is 42.2 Å². The summed E-state index contributed by atoms with van der Waals surface area (Å²) in [6, 6.07) is 11.3. The summed E-state index contributed by atoms with van der Waals surface area (Å²) in [5, 5.41) is 14.3. The van der Waals surface area contributed by atoms with E-state index in [1.54, 1.807) is 37.3 Å². The van der Waals surface area contributed by atoms with Crippen molar-refractivity contribution in [2.45, 2.75) is 23.8 Å². The van der Waals surface area contributed by atoms with E-state index in [4.69, 9.17) is 14.2 Å². The maximum Gasteiger partial charge on any atom is 0.336 e. The number of aromatic amines is 1. The lowest BCUT2D eigenvalue weighted by atomic mass is 9.82. The van der Waals surface area contributed by atoms with Crippen LogP contribution in [0.2, 0.25) is 0 Å². The van der Waals surface area contributed by atoms with Crippen molar-refractivity contribution in [3.63, 3.8) is 0 Å². The van der Waals surface area contributed by atoms with Crippen LogP contribution in [0.25, 0.3) is 0 Å². The minimum atomic E-state index is -0.770. The molecule has 12 heteroatoms. The Balaban J connectivity index is 1.73. The van der Waals surface area contributed by atoms with Gasteiger partial charge in [-0.2, -0.15) is 0 Å². The zero-order valence-corrected chi connectivity index (χ0v) is 21.3. The van der Waals surface area contributed by atoms with Gasteiger partial charge in [0.05, 0.1) is 43.3 Å². The second-order valence-corrected chi connectivity index (χ2v) is 9.01. The predicted octanol–water partition coefficient (Wildman–Crippen LogP) is 3.99. The lowest BCUT2D eigenvalue weighted by molar-refractivity contribution is -0.384. The monoisotopic (exact) mass is 524 g/mol. The number of H-pyrrole nitrogens is 1. The summed E-state index contributed by atoms with van der Waals surface area (Å²) in [7, 11) is 4.30. The molecular formula is C25H24N4O7S. The third kappa shape index (κ3) is 5.14. The molecule has 4 rings (SSSR count). The number of methoxy groups -OCH3 is 3. The number of ether oxygens (including phenoxy) is 3. The number of nitro benzene ring substituents is 1. The maximum absolute atomic E-state index is 13.4. The van der Waals surface area contributed by atoms with Gasteiger partial charge in [0.1, 0.15) is 5.82 Å². The third-order valence-electron chi connectivity index (χ3n) is 5.89. The van der Waals surface area contributed by atoms with Crippen LogP contribution < -0.4 is 20.3 Å². The molecule has 0 saturated heterocycles. The summed E-state index contributed by atoms with van der Waals surface area (Å²) < 4.78 is 15.8. The van der Waals surface area contributed by atoms with Gasteiger partial charge in [-0.15, -0.1) is 0 Å². The number of fused-ring (bicyclic) bond motifs is 1. The molecule has 37 heavy (non-hydrogen) atoms. The van der Waals surface area contributed by atoms with Crippen LogP contribution >= 0.6 is 11.8 Å². The summed E-state index contributed by atoms with van der Waals surface area (Å²) in [5.74, 6) is 0.355. The Bertz CT molecular complexity index is 1450. The van der Waals surface area contributed by atoms with Crippen LogP contribution in [-0.2, 0) is 15.3 Å². The first kappa shape index (κ1) is 25.8. The normalized spacial score (nSPS) is 14.4. The first-order chi connectivity index (χ1) is 17.8. The molecule has 1 atom stereocenters. The largest absolute Gasteiger partial charge is 0.493 e. The molecule has 2 aromatic carbocycles. The molecule has 1 aliphatic rings. The molecule has 0 spiro atoms. The van der Waals surface area contributed by atoms with Crippen molar-refractivity contribution in [2.24, 2.45) is 0 Å². The van der Waals surface area contributed by atoms with Crippen LogP contribution in [0.4, 0.5) is 11.5 Å². The molecule has 0 fully saturated rings. The van der Waals surface area contributed by atoms with Crippen molar-refractivity contribution in [3.8, 4) is 11.5 Å². The fourth-order valence-corrected chi connectivity index (χ4v) is 4.93. The second-order valence-electron chi connectivity index (χ2n) is 8.05. The Hall–Kier alpha value is -4.32. The van der Waals surface area contributed by atoms with Gasteiger partial charge in [-0.25, -0.2) is 9.78 Å². The molecule has 0 aliphatic carbocycles. The quantitative estimate of drug-likeness (QED) is 0.146. The number of anilines is 1. The van der Waals surface area contributed by atoms with Gasteiger partial charge in [-0.3, -0.25) is 14.9 Å². The number of nitro groups is 1. The van der Waals surface area contributed by atoms with Crippen LogP contribution in [0, 0.1) is 10.1 Å². The minimum Gasteiger partial charge on any atom is -0.493 e. The van der Waals surface area contributed by atoms with E-state index >= 15 is 0 Å². The number of nitrogens with zero attached hydrogens (tertiary/aromatic N) is 2. The second kappa shape index (κ2) is 10.7. The average Bonchev–Trinajstić information content (AvgIpc) is 2.90. The van der Waals surface area contributed by atoms with E-state index < -0.39 is 22.4 Å². The van der Waals surface area contributed by atoms with Crippen LogP contribution in [0.1, 0.15) is 29.5 Å². The third-order valence-corrected chi connectivity index (χ3v) is 6.83. The molecule has 2 N–H and O–H groups in total. The maximum atomic E-state index is 13.4. The lowest BCUT2D eigenvalue weighted by Gasteiger charge is -2.29. The number of benzene rings is 2. The summed E-state index contributed by atoms with van der Waals surface area (Å²) in [4.78, 5) is 44.0. The van der Waals surface area contributed by atoms with Crippen molar-refractivity contribution < 1.29 is 23.9 Å². The van der Waals surface area contributed by atoms with Gasteiger partial charge in [0.25, 0.3) is 11.2 Å². The van der Waals surface area contributed by atoms with E-state index in [2.05, 4.69) is 15.3 Å². The van der Waals surface area contributed by atoms with Crippen LogP contribution in [0.5, 0.6) is 11.5 Å². The highest BCUT2D eigenvalue weighted by molar-refractivity contribution is 7.98. The van der Waals surface area contributed by atoms with Gasteiger partial charge < -0.3 is 24.5 Å². The van der Waals surface area contributed by atoms with E-state index in [1.165, 1.54) is 45.2 Å². The zero-order valence-electron chi connectivity index (χ0n) is 20.5. The van der Waals surface area contributed by atoms with Crippen molar-refractivity contribution in [2.75, 3.05) is 26.6 Å². The van der Waals surface area contributed by atoms with E-state index in [1.807, 2.05) is 0 Å². The fourth-order valence-electron chi connectivity index (χ4n) is 4.11. The number of rotatable bonds is 8. The Morgan fingerprint density at radius 1 is 1.11 bits per heavy atom. The summed E-state index contributed by atoms with van der Waals surface area (Å²) >= 11 is 1.27. The van der Waals surface area contributed by atoms with Crippen LogP contribution in [0.3, 0.4) is 0 Å². The van der Waals surface area contributed by atoms with Gasteiger partial charge in [-0.05, 0) is 30.2 Å². The molecule has 3 aromatic rings. The standard InChI is InChI=1S/C25H24N4O7S/c1-13-19(24(31)36-4)20(15-7-10-17(34-2)18(11-15)35-3)21-22(26-13)27-25(28-23(21)30)37-12-14-5-8-16(9-6-14)29(32)33/h5-11,20H,12H2,1-4H3,(H2,26,27,28,30). The highest BCUT2D eigenvalue weighted by Crippen LogP contribution is 2.42. The van der Waals surface area contributed by atoms with E-state index in [9.17, 15) is 19.7 Å². The van der Waals surface area contributed by atoms with Gasteiger partial charge in [0.15, 0.2) is 16.7 Å². The zero-order chi connectivity index (χ0) is 26.7. The van der Waals surface area contributed by atoms with Gasteiger partial charge >= 0.3 is 5.97 Å². The topological polar surface area (TPSA) is 146 Å². The molecule has 1 unspecified atom stereocenters. The van der Waals surface area contributed by atoms with Crippen molar-refractivity contribution >= 4 is 29.2 Å². The van der Waals surface area contributed by atoms with E-state index in [0.717, 1.165) is 5.56 Å². The van der Waals surface area contributed by atoms with Crippen molar-refractivity contribution in [1.82, 2.24) is 9.97 Å². The number of allylic oxidation sites excluding steroid dienone is 1. The molecule has 0 amide bonds. The molecule has 2 heterocycles. The highest BCUT2D eigenvalue weighted by atomic mass is 32.2. The Kier molecular flexibility index (Phi) is 7.48. The fraction of sp³-hybridized carbons (Fsp3) is 0.240. The van der Waals surface area contributed by atoms with Crippen LogP contribution in [0.15, 0.2) is 63.7 Å². The molecule has 0 bridgehead atoms. The number of aromatic nitrogens is 2. The summed E-state index contributed by atoms with van der Waals surface area (Å²) in [6.07, 6.45) is 0. The smallest absolute Gasteiger partial charge is 0.336 e. The Labute approximate surface area is 216 Å². The number of thioether (sulfide) groups is 1. The van der Waals surface area contributed by atoms with Crippen molar-refractivity contribution in [3.05, 3.63) is 90.9 Å². The Morgan fingerprint density at radius 3 is 2.43 bits per heavy atom. The average molecular weight is 525 g/mol. The molecule has 192 valence electrons. The predicted molar refractivity (Wildman–Crippen MR) is 137 cm³/mol. The number of hydrogen-bond acceptors (Lipinski definition) is 10. The van der Waals surface area contributed by atoms with Crippen molar-refractivity contribution in [1.29, 1.82) is 0 Å². The van der Waals surface area contributed by atoms with E-state index in [0.29, 0.717) is 39.5 Å². The first-order valence-electron chi connectivity index (χ1n) is 11.1. The van der Waals surface area contributed by atoms with Gasteiger partial charge in [0.2, 0.25) is 0 Å². The van der Waals surface area contributed by atoms with E-state index in [-0.39, 0.29) is 16.8 Å². The lowest BCUT2D eigenvalue weighted by Crippen LogP contribution is -2.31. The summed E-state index contributed by atoms with van der Waals surface area (Å²) in [5.41, 5.74) is 2.08. The molecule has 0 radical (unpaired) electrons. The molecule has 11 nitrogen and oxygen atoms in total. The molecule has 1 aliphatic heterocycles. The number of carbonyl (C=O) groups is 1. The minimum absolute atomic E-state index is 0.00291. The first-order valence-corrected chi connectivity index (χ1v) is 12.0. The number of carbonyl (C=O) groups excluding carboxylic acids is 1. The SMILES string of the molecule is COC(=O)C1=C(C)Nc2nc(SCc3ccc([N+](=O)[O-])cc3)[nH]c(=O)c2C1c1ccc(OC)c(OC)c1. The summed E-state index contributed by atoms with van der Waals surface area (Å²) in [6.45, 7) is 1.72. The highest BCUT2D eigenvalue weighted by Gasteiger charge is 2.36. The Morgan fingerprint density at radius 2 is 1.81 bits per heavy atom.